The van der Waals surface area contributed by atoms with Crippen LogP contribution in [0.1, 0.15) is 15.9 Å². The number of hydrogen-bond donors (Lipinski definition) is 1. The lowest BCUT2D eigenvalue weighted by Crippen LogP contribution is -2.29. The van der Waals surface area contributed by atoms with E-state index in [1.807, 2.05) is 35.2 Å². The van der Waals surface area contributed by atoms with E-state index in [1.54, 1.807) is 6.07 Å². The minimum atomic E-state index is 0.0210. The Balaban J connectivity index is 2.00. The smallest absolute Gasteiger partial charge is 0.259 e. The highest BCUT2D eigenvalue weighted by atomic mass is 79.9. The standard InChI is InChI=1S/C15H12BrNOS/c16-13-6-5-11(19)9-12(13)15(18)17-8-7-10-3-1-2-4-14(10)17/h1-6,9,19H,7-8H2. The van der Waals surface area contributed by atoms with E-state index in [1.165, 1.54) is 5.56 Å². The maximum Gasteiger partial charge on any atom is 0.259 e. The molecule has 0 saturated carbocycles. The van der Waals surface area contributed by atoms with Crippen LogP contribution >= 0.6 is 28.6 Å². The summed E-state index contributed by atoms with van der Waals surface area (Å²) < 4.78 is 0.805. The number of halogens is 1. The largest absolute Gasteiger partial charge is 0.308 e. The third-order valence-electron chi connectivity index (χ3n) is 3.31. The van der Waals surface area contributed by atoms with Gasteiger partial charge >= 0.3 is 0 Å². The number of thiol groups is 1. The second-order valence-corrected chi connectivity index (χ2v) is 5.87. The number of amides is 1. The first-order valence-electron chi connectivity index (χ1n) is 6.05. The van der Waals surface area contributed by atoms with E-state index < -0.39 is 0 Å². The Morgan fingerprint density at radius 2 is 2.00 bits per heavy atom. The lowest BCUT2D eigenvalue weighted by Gasteiger charge is -2.18. The monoisotopic (exact) mass is 333 g/mol. The number of hydrogen-bond acceptors (Lipinski definition) is 2. The number of carbonyl (C=O) groups excluding carboxylic acids is 1. The lowest BCUT2D eigenvalue weighted by molar-refractivity contribution is 0.0988. The van der Waals surface area contributed by atoms with E-state index in [-0.39, 0.29) is 5.91 Å². The molecular weight excluding hydrogens is 322 g/mol. The molecule has 96 valence electrons. The first-order chi connectivity index (χ1) is 9.16. The summed E-state index contributed by atoms with van der Waals surface area (Å²) in [6, 6.07) is 13.6. The molecule has 0 radical (unpaired) electrons. The number of benzene rings is 2. The fourth-order valence-electron chi connectivity index (χ4n) is 2.37. The molecule has 0 fully saturated rings. The summed E-state index contributed by atoms with van der Waals surface area (Å²) in [6.45, 7) is 0.738. The predicted octanol–water partition coefficient (Wildman–Crippen LogP) is 3.94. The molecule has 2 aromatic rings. The van der Waals surface area contributed by atoms with Gasteiger partial charge in [0, 0.05) is 21.6 Å². The Morgan fingerprint density at radius 1 is 1.21 bits per heavy atom. The Morgan fingerprint density at radius 3 is 2.84 bits per heavy atom. The van der Waals surface area contributed by atoms with Gasteiger partial charge in [-0.15, -0.1) is 12.6 Å². The van der Waals surface area contributed by atoms with Crippen LogP contribution in [0.25, 0.3) is 0 Å². The van der Waals surface area contributed by atoms with Gasteiger partial charge in [0.05, 0.1) is 5.56 Å². The number of nitrogens with zero attached hydrogens (tertiary/aromatic N) is 1. The molecule has 0 aliphatic carbocycles. The van der Waals surface area contributed by atoms with Crippen LogP contribution < -0.4 is 4.90 Å². The van der Waals surface area contributed by atoms with Crippen molar-refractivity contribution in [3.05, 3.63) is 58.1 Å². The molecule has 4 heteroatoms. The minimum absolute atomic E-state index is 0.0210. The van der Waals surface area contributed by atoms with E-state index in [0.29, 0.717) is 5.56 Å². The maximum absolute atomic E-state index is 12.6. The second kappa shape index (κ2) is 5.02. The van der Waals surface area contributed by atoms with Gasteiger partial charge in [-0.1, -0.05) is 18.2 Å². The van der Waals surface area contributed by atoms with E-state index in [4.69, 9.17) is 0 Å². The number of carbonyl (C=O) groups is 1. The molecular formula is C15H12BrNOS. The number of rotatable bonds is 1. The molecule has 0 spiro atoms. The van der Waals surface area contributed by atoms with Crippen molar-refractivity contribution in [2.24, 2.45) is 0 Å². The molecule has 0 unspecified atom stereocenters. The SMILES string of the molecule is O=C(c1cc(S)ccc1Br)N1CCc2ccccc21. The Hall–Kier alpha value is -1.26. The highest BCUT2D eigenvalue weighted by Gasteiger charge is 2.26. The number of anilines is 1. The predicted molar refractivity (Wildman–Crippen MR) is 83.2 cm³/mol. The van der Waals surface area contributed by atoms with Crippen molar-refractivity contribution in [1.29, 1.82) is 0 Å². The normalized spacial score (nSPS) is 13.5. The average Bonchev–Trinajstić information content (AvgIpc) is 2.84. The van der Waals surface area contributed by atoms with Crippen LogP contribution in [0.5, 0.6) is 0 Å². The topological polar surface area (TPSA) is 20.3 Å². The Kier molecular flexibility index (Phi) is 3.37. The van der Waals surface area contributed by atoms with E-state index >= 15 is 0 Å². The summed E-state index contributed by atoms with van der Waals surface area (Å²) in [6.07, 6.45) is 0.917. The molecule has 1 aliphatic heterocycles. The van der Waals surface area contributed by atoms with Gasteiger partial charge in [-0.2, -0.15) is 0 Å². The highest BCUT2D eigenvalue weighted by molar-refractivity contribution is 9.10. The van der Waals surface area contributed by atoms with Crippen LogP contribution in [0.15, 0.2) is 51.8 Å². The van der Waals surface area contributed by atoms with Gasteiger partial charge in [-0.3, -0.25) is 4.79 Å². The maximum atomic E-state index is 12.6. The average molecular weight is 334 g/mol. The first kappa shape index (κ1) is 12.8. The first-order valence-corrected chi connectivity index (χ1v) is 7.29. The van der Waals surface area contributed by atoms with Crippen LogP contribution in [-0.4, -0.2) is 12.5 Å². The van der Waals surface area contributed by atoms with E-state index in [0.717, 1.165) is 28.0 Å². The summed E-state index contributed by atoms with van der Waals surface area (Å²) in [4.78, 5) is 15.3. The molecule has 0 saturated heterocycles. The summed E-state index contributed by atoms with van der Waals surface area (Å²) in [7, 11) is 0. The van der Waals surface area contributed by atoms with E-state index in [9.17, 15) is 4.79 Å². The lowest BCUT2D eigenvalue weighted by atomic mass is 10.1. The molecule has 2 nitrogen and oxygen atoms in total. The molecule has 0 atom stereocenters. The van der Waals surface area contributed by atoms with Gasteiger partial charge in [-0.05, 0) is 52.2 Å². The van der Waals surface area contributed by atoms with Crippen molar-refractivity contribution in [2.45, 2.75) is 11.3 Å². The van der Waals surface area contributed by atoms with Crippen molar-refractivity contribution >= 4 is 40.2 Å². The number of fused-ring (bicyclic) bond motifs is 1. The highest BCUT2D eigenvalue weighted by Crippen LogP contribution is 2.31. The van der Waals surface area contributed by atoms with Crippen molar-refractivity contribution in [1.82, 2.24) is 0 Å². The molecule has 3 rings (SSSR count). The molecule has 1 heterocycles. The molecule has 0 aromatic heterocycles. The molecule has 0 bridgehead atoms. The molecule has 19 heavy (non-hydrogen) atoms. The van der Waals surface area contributed by atoms with Gasteiger partial charge in [-0.25, -0.2) is 0 Å². The molecule has 2 aromatic carbocycles. The fourth-order valence-corrected chi connectivity index (χ4v) is 2.99. The fraction of sp³-hybridized carbons (Fsp3) is 0.133. The summed E-state index contributed by atoms with van der Waals surface area (Å²) in [5, 5.41) is 0. The summed E-state index contributed by atoms with van der Waals surface area (Å²) in [5.41, 5.74) is 2.90. The van der Waals surface area contributed by atoms with Crippen molar-refractivity contribution in [2.75, 3.05) is 11.4 Å². The van der Waals surface area contributed by atoms with Crippen molar-refractivity contribution in [3.8, 4) is 0 Å². The van der Waals surface area contributed by atoms with Gasteiger partial charge in [0.2, 0.25) is 0 Å². The zero-order chi connectivity index (χ0) is 13.4. The van der Waals surface area contributed by atoms with Crippen LogP contribution in [0.3, 0.4) is 0 Å². The van der Waals surface area contributed by atoms with Crippen LogP contribution in [0.2, 0.25) is 0 Å². The molecule has 1 amide bonds. The van der Waals surface area contributed by atoms with Gasteiger partial charge in [0.15, 0.2) is 0 Å². The molecule has 1 aliphatic rings. The van der Waals surface area contributed by atoms with E-state index in [2.05, 4.69) is 34.6 Å². The van der Waals surface area contributed by atoms with Gasteiger partial charge in [0.25, 0.3) is 5.91 Å². The summed E-state index contributed by atoms with van der Waals surface area (Å²) in [5.74, 6) is 0.0210. The zero-order valence-electron chi connectivity index (χ0n) is 10.1. The van der Waals surface area contributed by atoms with Gasteiger partial charge in [0.1, 0.15) is 0 Å². The second-order valence-electron chi connectivity index (χ2n) is 4.50. The third kappa shape index (κ3) is 2.30. The minimum Gasteiger partial charge on any atom is -0.308 e. The quantitative estimate of drug-likeness (QED) is 0.783. The molecule has 0 N–H and O–H groups in total. The van der Waals surface area contributed by atoms with Crippen LogP contribution in [0, 0.1) is 0 Å². The Labute approximate surface area is 126 Å². The Bertz CT molecular complexity index is 656. The number of para-hydroxylation sites is 1. The van der Waals surface area contributed by atoms with Gasteiger partial charge < -0.3 is 4.90 Å². The van der Waals surface area contributed by atoms with Crippen LogP contribution in [-0.2, 0) is 6.42 Å². The summed E-state index contributed by atoms with van der Waals surface area (Å²) >= 11 is 7.74. The van der Waals surface area contributed by atoms with Crippen molar-refractivity contribution in [3.63, 3.8) is 0 Å². The van der Waals surface area contributed by atoms with Crippen molar-refractivity contribution < 1.29 is 4.79 Å². The third-order valence-corrected chi connectivity index (χ3v) is 4.28. The van der Waals surface area contributed by atoms with Crippen LogP contribution in [0.4, 0.5) is 5.69 Å². The zero-order valence-corrected chi connectivity index (χ0v) is 12.6.